The molecule has 0 radical (unpaired) electrons. The van der Waals surface area contributed by atoms with Gasteiger partial charge in [0, 0.05) is 38.3 Å². The summed E-state index contributed by atoms with van der Waals surface area (Å²) in [6.45, 7) is 3.61. The third kappa shape index (κ3) is 4.00. The molecule has 0 saturated carbocycles. The molecule has 0 atom stereocenters. The quantitative estimate of drug-likeness (QED) is 0.880. The summed E-state index contributed by atoms with van der Waals surface area (Å²) in [5, 5.41) is 12.0. The van der Waals surface area contributed by atoms with Gasteiger partial charge in [-0.1, -0.05) is 12.1 Å². The molecule has 1 saturated heterocycles. The summed E-state index contributed by atoms with van der Waals surface area (Å²) in [4.78, 5) is 15.7. The van der Waals surface area contributed by atoms with Gasteiger partial charge in [0.25, 0.3) is 0 Å². The van der Waals surface area contributed by atoms with Crippen molar-refractivity contribution < 1.29 is 9.18 Å². The number of hydrogen-bond donors (Lipinski definition) is 1. The Hall–Kier alpha value is -1.97. The fourth-order valence-corrected chi connectivity index (χ4v) is 2.38. The van der Waals surface area contributed by atoms with E-state index in [-0.39, 0.29) is 18.0 Å². The molecule has 112 valence electrons. The normalized spacial score (nSPS) is 15.0. The lowest BCUT2D eigenvalue weighted by Gasteiger charge is -2.29. The van der Waals surface area contributed by atoms with Crippen molar-refractivity contribution in [3.63, 3.8) is 0 Å². The number of nitrogens with zero attached hydrogens (tertiary/aromatic N) is 3. The summed E-state index contributed by atoms with van der Waals surface area (Å²) in [7, 11) is 1.78. The zero-order valence-electron chi connectivity index (χ0n) is 12.1. The molecule has 0 aromatic heterocycles. The van der Waals surface area contributed by atoms with Crippen molar-refractivity contribution in [1.82, 2.24) is 15.1 Å². The third-order valence-corrected chi connectivity index (χ3v) is 3.51. The van der Waals surface area contributed by atoms with Gasteiger partial charge in [-0.2, -0.15) is 5.26 Å². The first-order valence-corrected chi connectivity index (χ1v) is 6.96. The van der Waals surface area contributed by atoms with Crippen LogP contribution in [0.1, 0.15) is 11.1 Å². The summed E-state index contributed by atoms with van der Waals surface area (Å²) in [5.74, 6) is -0.447. The van der Waals surface area contributed by atoms with Crippen LogP contribution in [0.15, 0.2) is 18.2 Å². The molecule has 6 heteroatoms. The summed E-state index contributed by atoms with van der Waals surface area (Å²) in [6, 6.07) is 6.57. The molecule has 2 rings (SSSR count). The highest BCUT2D eigenvalue weighted by Crippen LogP contribution is 2.13. The maximum Gasteiger partial charge on any atom is 0.236 e. The SMILES string of the molecule is CN(CC(=O)N1CCNCC1)Cc1cccc(C#N)c1F. The summed E-state index contributed by atoms with van der Waals surface area (Å²) in [6.07, 6.45) is 0. The minimum atomic E-state index is -0.499. The van der Waals surface area contributed by atoms with Gasteiger partial charge >= 0.3 is 0 Å². The number of halogens is 1. The Morgan fingerprint density at radius 3 is 2.86 bits per heavy atom. The van der Waals surface area contributed by atoms with Crippen molar-refractivity contribution in [3.05, 3.63) is 35.1 Å². The fraction of sp³-hybridized carbons (Fsp3) is 0.467. The van der Waals surface area contributed by atoms with Crippen LogP contribution in [0.25, 0.3) is 0 Å². The van der Waals surface area contributed by atoms with Gasteiger partial charge in [-0.05, 0) is 13.1 Å². The molecule has 0 spiro atoms. The molecule has 0 aliphatic carbocycles. The van der Waals surface area contributed by atoms with E-state index in [0.29, 0.717) is 25.2 Å². The number of nitriles is 1. The van der Waals surface area contributed by atoms with E-state index in [9.17, 15) is 9.18 Å². The molecule has 5 nitrogen and oxygen atoms in total. The molecule has 1 aliphatic rings. The second-order valence-corrected chi connectivity index (χ2v) is 5.19. The van der Waals surface area contributed by atoms with E-state index in [2.05, 4.69) is 5.32 Å². The zero-order valence-corrected chi connectivity index (χ0v) is 12.1. The molecule has 1 heterocycles. The molecule has 0 bridgehead atoms. The van der Waals surface area contributed by atoms with Crippen LogP contribution in [-0.4, -0.2) is 55.5 Å². The van der Waals surface area contributed by atoms with E-state index in [1.54, 1.807) is 24.1 Å². The van der Waals surface area contributed by atoms with Gasteiger partial charge in [-0.15, -0.1) is 0 Å². The first kappa shape index (κ1) is 15.4. The van der Waals surface area contributed by atoms with Crippen molar-refractivity contribution in [2.45, 2.75) is 6.54 Å². The second-order valence-electron chi connectivity index (χ2n) is 5.19. The van der Waals surface area contributed by atoms with Crippen molar-refractivity contribution in [1.29, 1.82) is 5.26 Å². The first-order chi connectivity index (χ1) is 10.1. The average molecular weight is 290 g/mol. The van der Waals surface area contributed by atoms with E-state index in [1.165, 1.54) is 6.07 Å². The maximum absolute atomic E-state index is 14.0. The highest BCUT2D eigenvalue weighted by atomic mass is 19.1. The van der Waals surface area contributed by atoms with E-state index < -0.39 is 5.82 Å². The molecule has 1 fully saturated rings. The number of hydrogen-bond acceptors (Lipinski definition) is 4. The molecule has 1 N–H and O–H groups in total. The average Bonchev–Trinajstić information content (AvgIpc) is 2.50. The smallest absolute Gasteiger partial charge is 0.236 e. The Labute approximate surface area is 123 Å². The van der Waals surface area contributed by atoms with Gasteiger partial charge in [0.2, 0.25) is 5.91 Å². The lowest BCUT2D eigenvalue weighted by Crippen LogP contribution is -2.49. The number of amides is 1. The van der Waals surface area contributed by atoms with Crippen molar-refractivity contribution in [3.8, 4) is 6.07 Å². The van der Waals surface area contributed by atoms with Gasteiger partial charge < -0.3 is 10.2 Å². The van der Waals surface area contributed by atoms with E-state index in [4.69, 9.17) is 5.26 Å². The second kappa shape index (κ2) is 7.16. The van der Waals surface area contributed by atoms with Gasteiger partial charge in [0.1, 0.15) is 11.9 Å². The monoisotopic (exact) mass is 290 g/mol. The number of nitrogens with one attached hydrogen (secondary N) is 1. The van der Waals surface area contributed by atoms with E-state index in [1.807, 2.05) is 11.0 Å². The van der Waals surface area contributed by atoms with Gasteiger partial charge in [0.15, 0.2) is 0 Å². The number of likely N-dealkylation sites (N-methyl/N-ethyl adjacent to an activating group) is 1. The predicted molar refractivity (Wildman–Crippen MR) is 76.9 cm³/mol. The molecule has 0 unspecified atom stereocenters. The van der Waals surface area contributed by atoms with Crippen LogP contribution < -0.4 is 5.32 Å². The van der Waals surface area contributed by atoms with Crippen LogP contribution in [0.3, 0.4) is 0 Å². The van der Waals surface area contributed by atoms with Crippen molar-refractivity contribution in [2.24, 2.45) is 0 Å². The number of carbonyl (C=O) groups excluding carboxylic acids is 1. The molecule has 1 aliphatic heterocycles. The minimum absolute atomic E-state index is 0.0364. The molecular formula is C15H19FN4O. The first-order valence-electron chi connectivity index (χ1n) is 6.96. The largest absolute Gasteiger partial charge is 0.339 e. The van der Waals surface area contributed by atoms with Crippen LogP contribution in [0.5, 0.6) is 0 Å². The Balaban J connectivity index is 1.94. The van der Waals surface area contributed by atoms with E-state index >= 15 is 0 Å². The number of carbonyl (C=O) groups is 1. The van der Waals surface area contributed by atoms with Crippen molar-refractivity contribution >= 4 is 5.91 Å². The summed E-state index contributed by atoms with van der Waals surface area (Å²) < 4.78 is 14.0. The molecular weight excluding hydrogens is 271 g/mol. The van der Waals surface area contributed by atoms with Gasteiger partial charge in [-0.3, -0.25) is 9.69 Å². The van der Waals surface area contributed by atoms with Crippen LogP contribution in [0.2, 0.25) is 0 Å². The minimum Gasteiger partial charge on any atom is -0.339 e. The third-order valence-electron chi connectivity index (χ3n) is 3.51. The highest BCUT2D eigenvalue weighted by Gasteiger charge is 2.18. The molecule has 1 aromatic rings. The lowest BCUT2D eigenvalue weighted by atomic mass is 10.1. The van der Waals surface area contributed by atoms with Gasteiger partial charge in [-0.25, -0.2) is 4.39 Å². The zero-order chi connectivity index (χ0) is 15.2. The molecule has 1 aromatic carbocycles. The Kier molecular flexibility index (Phi) is 5.26. The fourth-order valence-electron chi connectivity index (χ4n) is 2.38. The van der Waals surface area contributed by atoms with Crippen molar-refractivity contribution in [2.75, 3.05) is 39.8 Å². The summed E-state index contributed by atoms with van der Waals surface area (Å²) >= 11 is 0. The standard InChI is InChI=1S/C15H19FN4O/c1-19(11-14(21)20-7-5-18-6-8-20)10-13-4-2-3-12(9-17)15(13)16/h2-4,18H,5-8,10-11H2,1H3. The summed E-state index contributed by atoms with van der Waals surface area (Å²) in [5.41, 5.74) is 0.471. The number of rotatable bonds is 4. The topological polar surface area (TPSA) is 59.4 Å². The van der Waals surface area contributed by atoms with E-state index in [0.717, 1.165) is 13.1 Å². The molecule has 21 heavy (non-hydrogen) atoms. The predicted octanol–water partition coefficient (Wildman–Crippen LogP) is 0.561. The Morgan fingerprint density at radius 2 is 2.19 bits per heavy atom. The number of benzene rings is 1. The lowest BCUT2D eigenvalue weighted by molar-refractivity contribution is -0.132. The van der Waals surface area contributed by atoms with Crippen LogP contribution in [0.4, 0.5) is 4.39 Å². The van der Waals surface area contributed by atoms with Crippen LogP contribution in [0, 0.1) is 17.1 Å². The Bertz CT molecular complexity index is 549. The molecule has 1 amide bonds. The highest BCUT2D eigenvalue weighted by molar-refractivity contribution is 5.78. The van der Waals surface area contributed by atoms with Crippen LogP contribution in [-0.2, 0) is 11.3 Å². The van der Waals surface area contributed by atoms with Crippen LogP contribution >= 0.6 is 0 Å². The Morgan fingerprint density at radius 1 is 1.48 bits per heavy atom. The number of piperazine rings is 1. The maximum atomic E-state index is 14.0. The van der Waals surface area contributed by atoms with Gasteiger partial charge in [0.05, 0.1) is 12.1 Å².